The summed E-state index contributed by atoms with van der Waals surface area (Å²) in [6.45, 7) is 4.25. The number of imidazole rings is 1. The van der Waals surface area contributed by atoms with Crippen molar-refractivity contribution in [3.05, 3.63) is 40.6 Å². The Hall–Kier alpha value is -1.66. The van der Waals surface area contributed by atoms with Crippen LogP contribution in [0.15, 0.2) is 29.9 Å². The van der Waals surface area contributed by atoms with Crippen molar-refractivity contribution in [2.75, 3.05) is 26.2 Å². The summed E-state index contributed by atoms with van der Waals surface area (Å²) in [6.07, 6.45) is 3.79. The second-order valence-electron chi connectivity index (χ2n) is 5.00. The van der Waals surface area contributed by atoms with E-state index in [4.69, 9.17) is 0 Å². The average molecular weight is 290 g/mol. The van der Waals surface area contributed by atoms with Crippen LogP contribution in [-0.4, -0.2) is 51.4 Å². The lowest BCUT2D eigenvalue weighted by atomic mass is 10.3. The highest BCUT2D eigenvalue weighted by Gasteiger charge is 2.23. The summed E-state index contributed by atoms with van der Waals surface area (Å²) in [6, 6.07) is 3.82. The number of aryl methyl sites for hydroxylation is 1. The summed E-state index contributed by atoms with van der Waals surface area (Å²) in [4.78, 5) is 21.7. The zero-order valence-electron chi connectivity index (χ0n) is 11.5. The lowest BCUT2D eigenvalue weighted by Gasteiger charge is -2.34. The number of nitrogens with zero attached hydrogens (tertiary/aromatic N) is 4. The molecule has 3 heterocycles. The van der Waals surface area contributed by atoms with E-state index >= 15 is 0 Å². The largest absolute Gasteiger partial charge is 0.337 e. The number of aromatic nitrogens is 2. The maximum atomic E-state index is 12.2. The predicted molar refractivity (Wildman–Crippen MR) is 78.7 cm³/mol. The minimum absolute atomic E-state index is 0.164. The van der Waals surface area contributed by atoms with Crippen molar-refractivity contribution in [2.24, 2.45) is 7.05 Å². The molecule has 1 aliphatic rings. The minimum atomic E-state index is 0.164. The maximum Gasteiger partial charge on any atom is 0.264 e. The quantitative estimate of drug-likeness (QED) is 0.859. The van der Waals surface area contributed by atoms with Crippen molar-refractivity contribution in [2.45, 2.75) is 6.54 Å². The van der Waals surface area contributed by atoms with Gasteiger partial charge in [0.2, 0.25) is 0 Å². The van der Waals surface area contributed by atoms with Crippen LogP contribution in [0.5, 0.6) is 0 Å². The van der Waals surface area contributed by atoms with E-state index in [0.29, 0.717) is 0 Å². The number of piperazine rings is 1. The van der Waals surface area contributed by atoms with Crippen LogP contribution in [0, 0.1) is 0 Å². The van der Waals surface area contributed by atoms with Crippen LogP contribution in [0.3, 0.4) is 0 Å². The first-order valence-electron chi connectivity index (χ1n) is 6.75. The molecular formula is C14H18N4OS. The lowest BCUT2D eigenvalue weighted by molar-refractivity contribution is 0.0629. The summed E-state index contributed by atoms with van der Waals surface area (Å²) in [7, 11) is 2.01. The van der Waals surface area contributed by atoms with E-state index < -0.39 is 0 Å². The summed E-state index contributed by atoms with van der Waals surface area (Å²) in [5.41, 5.74) is 0. The van der Waals surface area contributed by atoms with Crippen LogP contribution < -0.4 is 0 Å². The summed E-state index contributed by atoms with van der Waals surface area (Å²) >= 11 is 1.51. The van der Waals surface area contributed by atoms with Gasteiger partial charge in [0, 0.05) is 45.6 Å². The molecule has 106 valence electrons. The van der Waals surface area contributed by atoms with E-state index in [1.165, 1.54) is 11.3 Å². The molecule has 0 spiro atoms. The van der Waals surface area contributed by atoms with Gasteiger partial charge in [0.1, 0.15) is 5.82 Å². The van der Waals surface area contributed by atoms with Crippen LogP contribution in [0.25, 0.3) is 0 Å². The lowest BCUT2D eigenvalue weighted by Crippen LogP contribution is -2.48. The summed E-state index contributed by atoms with van der Waals surface area (Å²) in [5.74, 6) is 1.24. The van der Waals surface area contributed by atoms with E-state index in [0.717, 1.165) is 43.4 Å². The van der Waals surface area contributed by atoms with Crippen molar-refractivity contribution in [1.82, 2.24) is 19.4 Å². The van der Waals surface area contributed by atoms with Gasteiger partial charge in [-0.1, -0.05) is 6.07 Å². The molecule has 0 radical (unpaired) electrons. The molecule has 1 fully saturated rings. The van der Waals surface area contributed by atoms with Gasteiger partial charge in [0.05, 0.1) is 11.4 Å². The fourth-order valence-electron chi connectivity index (χ4n) is 2.41. The number of hydrogen-bond acceptors (Lipinski definition) is 4. The number of amides is 1. The van der Waals surface area contributed by atoms with E-state index in [-0.39, 0.29) is 5.91 Å². The normalized spacial score (nSPS) is 16.6. The van der Waals surface area contributed by atoms with Gasteiger partial charge in [-0.15, -0.1) is 11.3 Å². The Bertz CT molecular complexity index is 570. The number of carbonyl (C=O) groups excluding carboxylic acids is 1. The summed E-state index contributed by atoms with van der Waals surface area (Å²) < 4.78 is 2.04. The highest BCUT2D eigenvalue weighted by Crippen LogP contribution is 2.14. The molecule has 1 amide bonds. The summed E-state index contributed by atoms with van der Waals surface area (Å²) in [5, 5.41) is 1.95. The highest BCUT2D eigenvalue weighted by atomic mass is 32.1. The SMILES string of the molecule is Cn1ccnc1CN1CCN(C(=O)c2cccs2)CC1. The molecule has 5 nitrogen and oxygen atoms in total. The van der Waals surface area contributed by atoms with Crippen LogP contribution in [-0.2, 0) is 13.6 Å². The van der Waals surface area contributed by atoms with Crippen molar-refractivity contribution in [1.29, 1.82) is 0 Å². The van der Waals surface area contributed by atoms with Crippen molar-refractivity contribution < 1.29 is 4.79 Å². The molecule has 0 atom stereocenters. The Morgan fingerprint density at radius 1 is 1.35 bits per heavy atom. The Morgan fingerprint density at radius 2 is 2.15 bits per heavy atom. The van der Waals surface area contributed by atoms with Gasteiger partial charge in [-0.3, -0.25) is 9.69 Å². The second-order valence-corrected chi connectivity index (χ2v) is 5.95. The third-order valence-corrected chi connectivity index (χ3v) is 4.54. The van der Waals surface area contributed by atoms with Gasteiger partial charge >= 0.3 is 0 Å². The fraction of sp³-hybridized carbons (Fsp3) is 0.429. The topological polar surface area (TPSA) is 41.4 Å². The van der Waals surface area contributed by atoms with Crippen molar-refractivity contribution >= 4 is 17.2 Å². The molecule has 0 aliphatic carbocycles. The third kappa shape index (κ3) is 2.76. The molecule has 0 bridgehead atoms. The molecule has 0 aromatic carbocycles. The minimum Gasteiger partial charge on any atom is -0.337 e. The van der Waals surface area contributed by atoms with E-state index in [9.17, 15) is 4.79 Å². The Labute approximate surface area is 122 Å². The molecule has 20 heavy (non-hydrogen) atoms. The first-order valence-corrected chi connectivity index (χ1v) is 7.63. The monoisotopic (exact) mass is 290 g/mol. The molecule has 1 aliphatic heterocycles. The molecule has 0 N–H and O–H groups in total. The van der Waals surface area contributed by atoms with E-state index in [2.05, 4.69) is 9.88 Å². The van der Waals surface area contributed by atoms with Gasteiger partial charge in [-0.05, 0) is 11.4 Å². The van der Waals surface area contributed by atoms with Gasteiger partial charge in [-0.25, -0.2) is 4.98 Å². The second kappa shape index (κ2) is 5.76. The molecule has 3 rings (SSSR count). The predicted octanol–water partition coefficient (Wildman–Crippen LogP) is 1.44. The third-order valence-electron chi connectivity index (χ3n) is 3.68. The number of carbonyl (C=O) groups is 1. The molecule has 1 saturated heterocycles. The first-order chi connectivity index (χ1) is 9.74. The molecular weight excluding hydrogens is 272 g/mol. The first kappa shape index (κ1) is 13.3. The van der Waals surface area contributed by atoms with E-state index in [1.54, 1.807) is 0 Å². The van der Waals surface area contributed by atoms with Crippen LogP contribution in [0.2, 0.25) is 0 Å². The molecule has 0 saturated carbocycles. The fourth-order valence-corrected chi connectivity index (χ4v) is 3.10. The van der Waals surface area contributed by atoms with Crippen LogP contribution in [0.4, 0.5) is 0 Å². The smallest absolute Gasteiger partial charge is 0.264 e. The van der Waals surface area contributed by atoms with Gasteiger partial charge in [0.25, 0.3) is 5.91 Å². The Kier molecular flexibility index (Phi) is 3.84. The van der Waals surface area contributed by atoms with Crippen molar-refractivity contribution in [3.8, 4) is 0 Å². The van der Waals surface area contributed by atoms with Crippen molar-refractivity contribution in [3.63, 3.8) is 0 Å². The van der Waals surface area contributed by atoms with E-state index in [1.807, 2.05) is 46.4 Å². The maximum absolute atomic E-state index is 12.2. The number of hydrogen-bond donors (Lipinski definition) is 0. The van der Waals surface area contributed by atoms with Crippen LogP contribution >= 0.6 is 11.3 Å². The standard InChI is InChI=1S/C14H18N4OS/c1-16-5-4-15-13(16)11-17-6-8-18(9-7-17)14(19)12-3-2-10-20-12/h2-5,10H,6-9,11H2,1H3. The Balaban J connectivity index is 1.55. The number of thiophene rings is 1. The van der Waals surface area contributed by atoms with Gasteiger partial charge in [0.15, 0.2) is 0 Å². The number of rotatable bonds is 3. The van der Waals surface area contributed by atoms with Gasteiger partial charge < -0.3 is 9.47 Å². The highest BCUT2D eigenvalue weighted by molar-refractivity contribution is 7.12. The van der Waals surface area contributed by atoms with Gasteiger partial charge in [-0.2, -0.15) is 0 Å². The molecule has 2 aromatic heterocycles. The zero-order chi connectivity index (χ0) is 13.9. The Morgan fingerprint density at radius 3 is 2.75 bits per heavy atom. The molecule has 0 unspecified atom stereocenters. The average Bonchev–Trinajstić information content (AvgIpc) is 3.12. The molecule has 2 aromatic rings. The van der Waals surface area contributed by atoms with Crippen LogP contribution in [0.1, 0.15) is 15.5 Å². The zero-order valence-corrected chi connectivity index (χ0v) is 12.3. The molecule has 6 heteroatoms.